The molecule has 0 bridgehead atoms. The summed E-state index contributed by atoms with van der Waals surface area (Å²) in [6.45, 7) is 4.28. The summed E-state index contributed by atoms with van der Waals surface area (Å²) in [4.78, 5) is 24.1. The molecule has 0 spiro atoms. The maximum absolute atomic E-state index is 12.9. The number of anilines is 1. The van der Waals surface area contributed by atoms with Gasteiger partial charge in [0.2, 0.25) is 0 Å². The molecule has 25 heavy (non-hydrogen) atoms. The smallest absolute Gasteiger partial charge is 0.418 e. The summed E-state index contributed by atoms with van der Waals surface area (Å²) in [6, 6.07) is 4.52. The van der Waals surface area contributed by atoms with Crippen LogP contribution in [0.2, 0.25) is 0 Å². The van der Waals surface area contributed by atoms with Crippen LogP contribution < -0.4 is 5.32 Å². The second-order valence-electron chi connectivity index (χ2n) is 5.28. The number of halogens is 3. The van der Waals surface area contributed by atoms with Crippen molar-refractivity contribution in [3.05, 3.63) is 46.8 Å². The van der Waals surface area contributed by atoms with Crippen LogP contribution in [0.4, 0.5) is 18.9 Å². The standard InChI is InChI=1S/C16H15F3N2O4/c1-8-13(9(2)25-21-8)15(23)24-10(3)14(22)20-12-7-5-4-6-11(12)16(17,18)19/h4-7,10H,1-3H3,(H,20,22)/t10-/m1/s1. The molecule has 1 heterocycles. The fraction of sp³-hybridized carbons (Fsp3) is 0.312. The zero-order chi connectivity index (χ0) is 18.8. The van der Waals surface area contributed by atoms with Crippen LogP contribution in [0.3, 0.4) is 0 Å². The summed E-state index contributed by atoms with van der Waals surface area (Å²) in [6.07, 6.45) is -5.94. The molecule has 0 aliphatic rings. The molecule has 1 N–H and O–H groups in total. The van der Waals surface area contributed by atoms with Crippen molar-refractivity contribution >= 4 is 17.6 Å². The number of nitrogens with one attached hydrogen (secondary N) is 1. The summed E-state index contributed by atoms with van der Waals surface area (Å²) in [7, 11) is 0. The number of ether oxygens (including phenoxy) is 1. The second kappa shape index (κ2) is 6.96. The predicted molar refractivity (Wildman–Crippen MR) is 80.9 cm³/mol. The molecular weight excluding hydrogens is 341 g/mol. The number of esters is 1. The van der Waals surface area contributed by atoms with E-state index in [1.54, 1.807) is 0 Å². The molecule has 0 radical (unpaired) electrons. The molecule has 1 atom stereocenters. The van der Waals surface area contributed by atoms with E-state index < -0.39 is 35.4 Å². The maximum atomic E-state index is 12.9. The Bertz CT molecular complexity index is 779. The van der Waals surface area contributed by atoms with Gasteiger partial charge in [-0.3, -0.25) is 4.79 Å². The van der Waals surface area contributed by atoms with Crippen LogP contribution in [0, 0.1) is 13.8 Å². The lowest BCUT2D eigenvalue weighted by molar-refractivity contribution is -0.137. The van der Waals surface area contributed by atoms with Crippen LogP contribution in [0.15, 0.2) is 28.8 Å². The number of aromatic nitrogens is 1. The molecule has 0 aliphatic heterocycles. The predicted octanol–water partition coefficient (Wildman–Crippen LogP) is 3.49. The Kier molecular flexibility index (Phi) is 5.15. The third kappa shape index (κ3) is 4.17. The first-order valence-electron chi connectivity index (χ1n) is 7.22. The van der Waals surface area contributed by atoms with Gasteiger partial charge in [-0.2, -0.15) is 13.2 Å². The van der Waals surface area contributed by atoms with Gasteiger partial charge in [-0.25, -0.2) is 4.79 Å². The minimum absolute atomic E-state index is 0.0790. The van der Waals surface area contributed by atoms with Gasteiger partial charge in [0.15, 0.2) is 6.10 Å². The van der Waals surface area contributed by atoms with Crippen molar-refractivity contribution in [3.63, 3.8) is 0 Å². The molecule has 0 unspecified atom stereocenters. The van der Waals surface area contributed by atoms with Gasteiger partial charge in [0.1, 0.15) is 11.3 Å². The van der Waals surface area contributed by atoms with Gasteiger partial charge in [0.05, 0.1) is 16.9 Å². The SMILES string of the molecule is Cc1noc(C)c1C(=O)O[C@H](C)C(=O)Nc1ccccc1C(F)(F)F. The Hall–Kier alpha value is -2.84. The number of para-hydroxylation sites is 1. The van der Waals surface area contributed by atoms with Gasteiger partial charge >= 0.3 is 12.1 Å². The van der Waals surface area contributed by atoms with Crippen molar-refractivity contribution in [1.29, 1.82) is 0 Å². The molecule has 2 aromatic rings. The van der Waals surface area contributed by atoms with E-state index in [0.717, 1.165) is 12.1 Å². The van der Waals surface area contributed by atoms with Crippen molar-refractivity contribution in [3.8, 4) is 0 Å². The summed E-state index contributed by atoms with van der Waals surface area (Å²) >= 11 is 0. The van der Waals surface area contributed by atoms with E-state index in [9.17, 15) is 22.8 Å². The number of hydrogen-bond donors (Lipinski definition) is 1. The monoisotopic (exact) mass is 356 g/mol. The molecule has 1 amide bonds. The fourth-order valence-corrected chi connectivity index (χ4v) is 2.12. The van der Waals surface area contributed by atoms with Crippen LogP contribution in [0.5, 0.6) is 0 Å². The number of carbonyl (C=O) groups excluding carboxylic acids is 2. The van der Waals surface area contributed by atoms with Crippen molar-refractivity contribution in [1.82, 2.24) is 5.16 Å². The third-order valence-electron chi connectivity index (χ3n) is 3.38. The number of amides is 1. The first-order chi connectivity index (χ1) is 11.6. The molecule has 0 fully saturated rings. The first-order valence-corrected chi connectivity index (χ1v) is 7.22. The Morgan fingerprint density at radius 1 is 1.24 bits per heavy atom. The Labute approximate surface area is 140 Å². The lowest BCUT2D eigenvalue weighted by Crippen LogP contribution is -2.31. The maximum Gasteiger partial charge on any atom is 0.418 e. The average molecular weight is 356 g/mol. The van der Waals surface area contributed by atoms with E-state index in [1.807, 2.05) is 0 Å². The van der Waals surface area contributed by atoms with Gasteiger partial charge in [-0.05, 0) is 32.9 Å². The zero-order valence-corrected chi connectivity index (χ0v) is 13.6. The lowest BCUT2D eigenvalue weighted by atomic mass is 10.1. The summed E-state index contributed by atoms with van der Waals surface area (Å²) in [5.41, 5.74) is -1.04. The molecule has 9 heteroatoms. The molecule has 0 aliphatic carbocycles. The van der Waals surface area contributed by atoms with E-state index in [4.69, 9.17) is 9.26 Å². The lowest BCUT2D eigenvalue weighted by Gasteiger charge is -2.16. The van der Waals surface area contributed by atoms with Gasteiger partial charge in [0.25, 0.3) is 5.91 Å². The third-order valence-corrected chi connectivity index (χ3v) is 3.38. The van der Waals surface area contributed by atoms with Gasteiger partial charge < -0.3 is 14.6 Å². The van der Waals surface area contributed by atoms with Gasteiger partial charge in [0, 0.05) is 0 Å². The molecule has 2 rings (SSSR count). The average Bonchev–Trinajstić information content (AvgIpc) is 2.85. The minimum atomic E-state index is -4.62. The van der Waals surface area contributed by atoms with E-state index in [0.29, 0.717) is 0 Å². The fourth-order valence-electron chi connectivity index (χ4n) is 2.12. The van der Waals surface area contributed by atoms with Crippen LogP contribution >= 0.6 is 0 Å². The molecule has 6 nitrogen and oxygen atoms in total. The highest BCUT2D eigenvalue weighted by molar-refractivity contribution is 5.98. The summed E-state index contributed by atoms with van der Waals surface area (Å²) < 4.78 is 48.6. The highest BCUT2D eigenvalue weighted by Crippen LogP contribution is 2.34. The Morgan fingerprint density at radius 2 is 1.88 bits per heavy atom. The zero-order valence-electron chi connectivity index (χ0n) is 13.6. The number of hydrogen-bond acceptors (Lipinski definition) is 5. The summed E-state index contributed by atoms with van der Waals surface area (Å²) in [5, 5.41) is 5.72. The largest absolute Gasteiger partial charge is 0.449 e. The molecule has 1 aromatic heterocycles. The highest BCUT2D eigenvalue weighted by Gasteiger charge is 2.34. The number of carbonyl (C=O) groups is 2. The molecule has 0 saturated carbocycles. The molecule has 0 saturated heterocycles. The number of rotatable bonds is 4. The second-order valence-corrected chi connectivity index (χ2v) is 5.28. The molecular formula is C16H15F3N2O4. The van der Waals surface area contributed by atoms with Gasteiger partial charge in [-0.1, -0.05) is 17.3 Å². The van der Waals surface area contributed by atoms with Crippen LogP contribution in [0.1, 0.15) is 34.3 Å². The van der Waals surface area contributed by atoms with Crippen molar-refractivity contribution in [2.45, 2.75) is 33.1 Å². The van der Waals surface area contributed by atoms with Crippen LogP contribution in [0.25, 0.3) is 0 Å². The van der Waals surface area contributed by atoms with Crippen molar-refractivity contribution in [2.75, 3.05) is 5.32 Å². The van der Waals surface area contributed by atoms with Crippen LogP contribution in [-0.2, 0) is 15.7 Å². The number of benzene rings is 1. The Morgan fingerprint density at radius 3 is 2.44 bits per heavy atom. The van der Waals surface area contributed by atoms with E-state index in [2.05, 4.69) is 10.5 Å². The van der Waals surface area contributed by atoms with Crippen LogP contribution in [-0.4, -0.2) is 23.1 Å². The van der Waals surface area contributed by atoms with E-state index in [1.165, 1.54) is 32.9 Å². The quantitative estimate of drug-likeness (QED) is 0.848. The van der Waals surface area contributed by atoms with Crippen molar-refractivity contribution in [2.24, 2.45) is 0 Å². The number of nitrogens with zero attached hydrogens (tertiary/aromatic N) is 1. The first kappa shape index (κ1) is 18.5. The van der Waals surface area contributed by atoms with Crippen molar-refractivity contribution < 1.29 is 32.0 Å². The molecule has 1 aromatic carbocycles. The molecule has 134 valence electrons. The van der Waals surface area contributed by atoms with E-state index >= 15 is 0 Å². The topological polar surface area (TPSA) is 81.4 Å². The van der Waals surface area contributed by atoms with E-state index in [-0.39, 0.29) is 17.0 Å². The number of aryl methyl sites for hydroxylation is 2. The highest BCUT2D eigenvalue weighted by atomic mass is 19.4. The minimum Gasteiger partial charge on any atom is -0.449 e. The van der Waals surface area contributed by atoms with Gasteiger partial charge in [-0.15, -0.1) is 0 Å². The Balaban J connectivity index is 2.11. The number of alkyl halides is 3. The normalized spacial score (nSPS) is 12.6. The summed E-state index contributed by atoms with van der Waals surface area (Å²) in [5.74, 6) is -1.52.